The average Bonchev–Trinajstić information content (AvgIpc) is 2.75. The lowest BCUT2D eigenvalue weighted by atomic mass is 10.0. The number of rotatable bonds is 4. The van der Waals surface area contributed by atoms with Gasteiger partial charge in [-0.15, -0.1) is 0 Å². The van der Waals surface area contributed by atoms with Crippen molar-refractivity contribution < 1.29 is 0 Å². The van der Waals surface area contributed by atoms with Gasteiger partial charge in [0.1, 0.15) is 5.82 Å². The zero-order valence-corrected chi connectivity index (χ0v) is 10.5. The molecule has 0 aliphatic rings. The standard InChI is InChI=1S/C14H19N3/c1-10-5-6-12(11(2)8-10)13-9-16-14(17-13)4-3-7-15/h5-6,8-9H,3-4,7,15H2,1-2H3,(H,16,17). The van der Waals surface area contributed by atoms with Crippen molar-refractivity contribution in [2.24, 2.45) is 5.73 Å². The van der Waals surface area contributed by atoms with E-state index in [0.717, 1.165) is 24.4 Å². The maximum absolute atomic E-state index is 5.49. The molecular formula is C14H19N3. The predicted molar refractivity (Wildman–Crippen MR) is 70.9 cm³/mol. The fourth-order valence-corrected chi connectivity index (χ4v) is 2.01. The van der Waals surface area contributed by atoms with Crippen molar-refractivity contribution in [3.8, 4) is 11.3 Å². The number of aromatic amines is 1. The first kappa shape index (κ1) is 11.9. The third-order valence-corrected chi connectivity index (χ3v) is 2.92. The SMILES string of the molecule is Cc1ccc(-c2cnc(CCCN)[nH]2)c(C)c1. The zero-order valence-electron chi connectivity index (χ0n) is 10.5. The van der Waals surface area contributed by atoms with Crippen molar-refractivity contribution in [1.29, 1.82) is 0 Å². The van der Waals surface area contributed by atoms with Crippen LogP contribution in [0.25, 0.3) is 11.3 Å². The number of imidazole rings is 1. The first-order chi connectivity index (χ1) is 8.20. The van der Waals surface area contributed by atoms with E-state index in [2.05, 4.69) is 42.0 Å². The summed E-state index contributed by atoms with van der Waals surface area (Å²) in [6.07, 6.45) is 3.80. The third-order valence-electron chi connectivity index (χ3n) is 2.92. The van der Waals surface area contributed by atoms with Crippen molar-refractivity contribution in [2.75, 3.05) is 6.54 Å². The molecule has 3 nitrogen and oxygen atoms in total. The Morgan fingerprint density at radius 1 is 1.29 bits per heavy atom. The van der Waals surface area contributed by atoms with Crippen LogP contribution in [-0.2, 0) is 6.42 Å². The minimum atomic E-state index is 0.708. The van der Waals surface area contributed by atoms with Crippen LogP contribution in [0.3, 0.4) is 0 Å². The monoisotopic (exact) mass is 229 g/mol. The van der Waals surface area contributed by atoms with Gasteiger partial charge in [-0.1, -0.05) is 23.8 Å². The molecule has 0 radical (unpaired) electrons. The Kier molecular flexibility index (Phi) is 3.59. The summed E-state index contributed by atoms with van der Waals surface area (Å²) in [5, 5.41) is 0. The van der Waals surface area contributed by atoms with Crippen LogP contribution in [0.1, 0.15) is 23.4 Å². The fraction of sp³-hybridized carbons (Fsp3) is 0.357. The van der Waals surface area contributed by atoms with Gasteiger partial charge in [0, 0.05) is 12.0 Å². The van der Waals surface area contributed by atoms with Gasteiger partial charge >= 0.3 is 0 Å². The second-order valence-electron chi connectivity index (χ2n) is 4.45. The van der Waals surface area contributed by atoms with E-state index < -0.39 is 0 Å². The van der Waals surface area contributed by atoms with Crippen LogP contribution >= 0.6 is 0 Å². The number of nitrogens with zero attached hydrogens (tertiary/aromatic N) is 1. The van der Waals surface area contributed by atoms with Gasteiger partial charge in [0.05, 0.1) is 11.9 Å². The number of aryl methyl sites for hydroxylation is 3. The topological polar surface area (TPSA) is 54.7 Å². The highest BCUT2D eigenvalue weighted by molar-refractivity contribution is 5.63. The number of aromatic nitrogens is 2. The maximum Gasteiger partial charge on any atom is 0.106 e. The van der Waals surface area contributed by atoms with E-state index >= 15 is 0 Å². The molecule has 17 heavy (non-hydrogen) atoms. The molecule has 0 saturated heterocycles. The van der Waals surface area contributed by atoms with Crippen molar-refractivity contribution in [2.45, 2.75) is 26.7 Å². The molecular weight excluding hydrogens is 210 g/mol. The Balaban J connectivity index is 2.24. The highest BCUT2D eigenvalue weighted by atomic mass is 14.9. The van der Waals surface area contributed by atoms with Crippen molar-refractivity contribution >= 4 is 0 Å². The second kappa shape index (κ2) is 5.15. The lowest BCUT2D eigenvalue weighted by molar-refractivity contribution is 0.794. The maximum atomic E-state index is 5.49. The van der Waals surface area contributed by atoms with Gasteiger partial charge in [-0.05, 0) is 32.4 Å². The zero-order chi connectivity index (χ0) is 12.3. The van der Waals surface area contributed by atoms with E-state index in [1.807, 2.05) is 6.20 Å². The number of hydrogen-bond donors (Lipinski definition) is 2. The normalized spacial score (nSPS) is 10.8. The molecule has 90 valence electrons. The molecule has 0 unspecified atom stereocenters. The van der Waals surface area contributed by atoms with E-state index in [0.29, 0.717) is 6.54 Å². The first-order valence-electron chi connectivity index (χ1n) is 6.02. The van der Waals surface area contributed by atoms with Gasteiger partial charge in [-0.25, -0.2) is 4.98 Å². The lowest BCUT2D eigenvalue weighted by Crippen LogP contribution is -2.01. The summed E-state index contributed by atoms with van der Waals surface area (Å²) in [6.45, 7) is 4.94. The molecule has 0 spiro atoms. The van der Waals surface area contributed by atoms with Crippen molar-refractivity contribution in [3.63, 3.8) is 0 Å². The number of H-pyrrole nitrogens is 1. The Morgan fingerprint density at radius 2 is 2.12 bits per heavy atom. The predicted octanol–water partition coefficient (Wildman–Crippen LogP) is 2.58. The largest absolute Gasteiger partial charge is 0.342 e. The molecule has 0 aliphatic heterocycles. The molecule has 0 aliphatic carbocycles. The summed E-state index contributed by atoms with van der Waals surface area (Å²) >= 11 is 0. The van der Waals surface area contributed by atoms with Gasteiger partial charge in [0.15, 0.2) is 0 Å². The van der Waals surface area contributed by atoms with Crippen LogP contribution in [0, 0.1) is 13.8 Å². The molecule has 1 heterocycles. The molecule has 0 saturated carbocycles. The highest BCUT2D eigenvalue weighted by Gasteiger charge is 2.05. The number of nitrogens with two attached hydrogens (primary N) is 1. The van der Waals surface area contributed by atoms with Crippen molar-refractivity contribution in [1.82, 2.24) is 9.97 Å². The van der Waals surface area contributed by atoms with Crippen LogP contribution in [0.2, 0.25) is 0 Å². The van der Waals surface area contributed by atoms with Crippen LogP contribution < -0.4 is 5.73 Å². The molecule has 1 aromatic carbocycles. The number of nitrogens with one attached hydrogen (secondary N) is 1. The third kappa shape index (κ3) is 2.74. The summed E-state index contributed by atoms with van der Waals surface area (Å²) in [4.78, 5) is 7.74. The van der Waals surface area contributed by atoms with E-state index in [9.17, 15) is 0 Å². The minimum Gasteiger partial charge on any atom is -0.342 e. The second-order valence-corrected chi connectivity index (χ2v) is 4.45. The van der Waals surface area contributed by atoms with Gasteiger partial charge in [-0.3, -0.25) is 0 Å². The Hall–Kier alpha value is -1.61. The summed E-state index contributed by atoms with van der Waals surface area (Å²) in [5.74, 6) is 1.02. The quantitative estimate of drug-likeness (QED) is 0.846. The average molecular weight is 229 g/mol. The fourth-order valence-electron chi connectivity index (χ4n) is 2.01. The first-order valence-corrected chi connectivity index (χ1v) is 6.02. The molecule has 2 aromatic rings. The van der Waals surface area contributed by atoms with Crippen LogP contribution in [0.15, 0.2) is 24.4 Å². The molecule has 1 aromatic heterocycles. The van der Waals surface area contributed by atoms with E-state index in [1.54, 1.807) is 0 Å². The number of benzene rings is 1. The van der Waals surface area contributed by atoms with Crippen molar-refractivity contribution in [3.05, 3.63) is 41.3 Å². The van der Waals surface area contributed by atoms with E-state index in [4.69, 9.17) is 5.73 Å². The Morgan fingerprint density at radius 3 is 2.82 bits per heavy atom. The van der Waals surface area contributed by atoms with Crippen LogP contribution in [-0.4, -0.2) is 16.5 Å². The molecule has 0 amide bonds. The molecule has 3 N–H and O–H groups in total. The summed E-state index contributed by atoms with van der Waals surface area (Å²) < 4.78 is 0. The molecule has 3 heteroatoms. The molecule has 0 fully saturated rings. The minimum absolute atomic E-state index is 0.708. The van der Waals surface area contributed by atoms with E-state index in [1.165, 1.54) is 16.7 Å². The molecule has 0 bridgehead atoms. The Labute approximate surface area is 102 Å². The van der Waals surface area contributed by atoms with Crippen LogP contribution in [0.5, 0.6) is 0 Å². The summed E-state index contributed by atoms with van der Waals surface area (Å²) in [5.41, 5.74) is 10.4. The van der Waals surface area contributed by atoms with Gasteiger partial charge in [-0.2, -0.15) is 0 Å². The molecule has 0 atom stereocenters. The van der Waals surface area contributed by atoms with Gasteiger partial charge < -0.3 is 10.7 Å². The summed E-state index contributed by atoms with van der Waals surface area (Å²) in [6, 6.07) is 6.46. The van der Waals surface area contributed by atoms with Gasteiger partial charge in [0.25, 0.3) is 0 Å². The van der Waals surface area contributed by atoms with Gasteiger partial charge in [0.2, 0.25) is 0 Å². The van der Waals surface area contributed by atoms with E-state index in [-0.39, 0.29) is 0 Å². The Bertz CT molecular complexity index is 500. The number of hydrogen-bond acceptors (Lipinski definition) is 2. The lowest BCUT2D eigenvalue weighted by Gasteiger charge is -2.04. The smallest absolute Gasteiger partial charge is 0.106 e. The highest BCUT2D eigenvalue weighted by Crippen LogP contribution is 2.22. The van der Waals surface area contributed by atoms with Crippen LogP contribution in [0.4, 0.5) is 0 Å². The summed E-state index contributed by atoms with van der Waals surface area (Å²) in [7, 11) is 0. The molecule has 2 rings (SSSR count).